The molecule has 0 aliphatic carbocycles. The summed E-state index contributed by atoms with van der Waals surface area (Å²) in [6.07, 6.45) is 2.61. The summed E-state index contributed by atoms with van der Waals surface area (Å²) in [7, 11) is 2.08. The minimum atomic E-state index is 0.120. The minimum absolute atomic E-state index is 0.120. The van der Waals surface area contributed by atoms with Gasteiger partial charge in [-0.05, 0) is 43.7 Å². The number of halogens is 2. The maximum Gasteiger partial charge on any atom is 0.0702 e. The van der Waals surface area contributed by atoms with Gasteiger partial charge in [-0.15, -0.1) is 0 Å². The Bertz CT molecular complexity index is 424. The molecule has 0 spiro atoms. The van der Waals surface area contributed by atoms with Crippen molar-refractivity contribution in [1.29, 1.82) is 0 Å². The second-order valence-electron chi connectivity index (χ2n) is 4.99. The first kappa shape index (κ1) is 15.3. The number of nitrogens with two attached hydrogens (primary N) is 1. The summed E-state index contributed by atoms with van der Waals surface area (Å²) in [5, 5.41) is 0.762. The fourth-order valence-electron chi connectivity index (χ4n) is 2.55. The molecule has 2 N–H and O–H groups in total. The number of hydrogen-bond donors (Lipinski definition) is 1. The van der Waals surface area contributed by atoms with Gasteiger partial charge in [-0.3, -0.25) is 4.90 Å². The van der Waals surface area contributed by atoms with Crippen LogP contribution < -0.4 is 5.73 Å². The van der Waals surface area contributed by atoms with Gasteiger partial charge in [0.1, 0.15) is 0 Å². The molecule has 2 rings (SSSR count). The maximum absolute atomic E-state index is 6.30. The average Bonchev–Trinajstić information content (AvgIpc) is 2.87. The van der Waals surface area contributed by atoms with Crippen LogP contribution in [-0.2, 0) is 4.74 Å². The molecule has 1 saturated heterocycles. The van der Waals surface area contributed by atoms with Crippen LogP contribution >= 0.6 is 27.5 Å². The fraction of sp³-hybridized carbons (Fsp3) is 0.571. The number of nitrogens with zero attached hydrogens (tertiary/aromatic N) is 1. The summed E-state index contributed by atoms with van der Waals surface area (Å²) in [4.78, 5) is 2.24. The van der Waals surface area contributed by atoms with Crippen LogP contribution in [0.2, 0.25) is 5.02 Å². The Balaban J connectivity index is 2.11. The molecule has 3 nitrogen and oxygen atoms in total. The van der Waals surface area contributed by atoms with Crippen molar-refractivity contribution in [2.75, 3.05) is 26.7 Å². The van der Waals surface area contributed by atoms with E-state index in [0.717, 1.165) is 41.1 Å². The Morgan fingerprint density at radius 3 is 3.00 bits per heavy atom. The molecule has 1 heterocycles. The Kier molecular flexibility index (Phi) is 5.66. The molecular formula is C14H20BrClN2O. The number of hydrogen-bond acceptors (Lipinski definition) is 3. The van der Waals surface area contributed by atoms with Gasteiger partial charge in [0, 0.05) is 35.2 Å². The van der Waals surface area contributed by atoms with E-state index in [2.05, 4.69) is 27.9 Å². The molecule has 1 aromatic rings. The Morgan fingerprint density at radius 2 is 2.37 bits per heavy atom. The van der Waals surface area contributed by atoms with E-state index in [4.69, 9.17) is 22.1 Å². The van der Waals surface area contributed by atoms with E-state index < -0.39 is 0 Å². The summed E-state index contributed by atoms with van der Waals surface area (Å²) in [5.41, 5.74) is 7.01. The quantitative estimate of drug-likeness (QED) is 0.889. The number of ether oxygens (including phenoxy) is 1. The number of benzene rings is 1. The van der Waals surface area contributed by atoms with Crippen LogP contribution in [0.4, 0.5) is 0 Å². The molecule has 19 heavy (non-hydrogen) atoms. The van der Waals surface area contributed by atoms with Crippen LogP contribution in [0.3, 0.4) is 0 Å². The molecule has 0 amide bonds. The number of rotatable bonds is 5. The van der Waals surface area contributed by atoms with Crippen molar-refractivity contribution in [2.45, 2.75) is 25.0 Å². The Labute approximate surface area is 128 Å². The van der Waals surface area contributed by atoms with Crippen LogP contribution in [0.1, 0.15) is 24.4 Å². The predicted octanol–water partition coefficient (Wildman–Crippen LogP) is 3.21. The molecule has 0 bridgehead atoms. The third-order valence-electron chi connectivity index (χ3n) is 3.59. The monoisotopic (exact) mass is 346 g/mol. The van der Waals surface area contributed by atoms with Gasteiger partial charge >= 0.3 is 0 Å². The first-order valence-electron chi connectivity index (χ1n) is 6.58. The van der Waals surface area contributed by atoms with Gasteiger partial charge in [0.25, 0.3) is 0 Å². The lowest BCUT2D eigenvalue weighted by Crippen LogP contribution is -2.36. The van der Waals surface area contributed by atoms with E-state index >= 15 is 0 Å². The molecule has 1 aromatic carbocycles. The Morgan fingerprint density at radius 1 is 1.58 bits per heavy atom. The van der Waals surface area contributed by atoms with E-state index in [0.29, 0.717) is 12.6 Å². The highest BCUT2D eigenvalue weighted by Crippen LogP contribution is 2.29. The highest BCUT2D eigenvalue weighted by Gasteiger charge is 2.23. The third-order valence-corrected chi connectivity index (χ3v) is 4.43. The van der Waals surface area contributed by atoms with Crippen molar-refractivity contribution in [3.63, 3.8) is 0 Å². The van der Waals surface area contributed by atoms with Gasteiger partial charge in [0.15, 0.2) is 0 Å². The second-order valence-corrected chi connectivity index (χ2v) is 6.31. The lowest BCUT2D eigenvalue weighted by molar-refractivity contribution is 0.0689. The lowest BCUT2D eigenvalue weighted by atomic mass is 10.0. The van der Waals surface area contributed by atoms with Gasteiger partial charge in [-0.2, -0.15) is 0 Å². The van der Waals surface area contributed by atoms with Crippen LogP contribution in [0, 0.1) is 0 Å². The second kappa shape index (κ2) is 7.04. The van der Waals surface area contributed by atoms with Crippen molar-refractivity contribution in [1.82, 2.24) is 4.90 Å². The highest BCUT2D eigenvalue weighted by molar-refractivity contribution is 9.10. The molecule has 1 aliphatic rings. The summed E-state index contributed by atoms with van der Waals surface area (Å²) in [6.45, 7) is 2.31. The topological polar surface area (TPSA) is 38.5 Å². The lowest BCUT2D eigenvalue weighted by Gasteiger charge is -2.30. The summed E-state index contributed by atoms with van der Waals surface area (Å²) in [5.74, 6) is 0. The van der Waals surface area contributed by atoms with Crippen molar-refractivity contribution in [2.24, 2.45) is 5.73 Å². The SMILES string of the molecule is CN(CC1CCCO1)C(CN)c1cc(Br)ccc1Cl. The van der Waals surface area contributed by atoms with Gasteiger partial charge < -0.3 is 10.5 Å². The van der Waals surface area contributed by atoms with Crippen molar-refractivity contribution >= 4 is 27.5 Å². The van der Waals surface area contributed by atoms with E-state index in [1.807, 2.05) is 18.2 Å². The first-order valence-corrected chi connectivity index (χ1v) is 7.75. The van der Waals surface area contributed by atoms with E-state index in [1.165, 1.54) is 0 Å². The average molecular weight is 348 g/mol. The van der Waals surface area contributed by atoms with Crippen LogP contribution in [0.15, 0.2) is 22.7 Å². The maximum atomic E-state index is 6.30. The van der Waals surface area contributed by atoms with Gasteiger partial charge in [-0.25, -0.2) is 0 Å². The van der Waals surface area contributed by atoms with Crippen LogP contribution in [-0.4, -0.2) is 37.7 Å². The largest absolute Gasteiger partial charge is 0.377 e. The van der Waals surface area contributed by atoms with E-state index in [1.54, 1.807) is 0 Å². The van der Waals surface area contributed by atoms with E-state index in [9.17, 15) is 0 Å². The summed E-state index contributed by atoms with van der Waals surface area (Å²) >= 11 is 9.78. The molecule has 106 valence electrons. The zero-order valence-corrected chi connectivity index (χ0v) is 13.5. The predicted molar refractivity (Wildman–Crippen MR) is 82.6 cm³/mol. The van der Waals surface area contributed by atoms with E-state index in [-0.39, 0.29) is 6.04 Å². The third kappa shape index (κ3) is 3.92. The molecule has 0 saturated carbocycles. The highest BCUT2D eigenvalue weighted by atomic mass is 79.9. The standard InChI is InChI=1S/C14H20BrClN2O/c1-18(9-11-3-2-6-19-11)14(8-17)12-7-10(15)4-5-13(12)16/h4-5,7,11,14H,2-3,6,8-9,17H2,1H3. The van der Waals surface area contributed by atoms with Gasteiger partial charge in [-0.1, -0.05) is 27.5 Å². The molecule has 2 unspecified atom stereocenters. The zero-order valence-electron chi connectivity index (χ0n) is 11.1. The normalized spacial score (nSPS) is 21.0. The van der Waals surface area contributed by atoms with Crippen LogP contribution in [0.25, 0.3) is 0 Å². The van der Waals surface area contributed by atoms with Gasteiger partial charge in [0.2, 0.25) is 0 Å². The van der Waals surface area contributed by atoms with Gasteiger partial charge in [0.05, 0.1) is 6.10 Å². The Hall–Kier alpha value is -0.130. The van der Waals surface area contributed by atoms with Crippen molar-refractivity contribution in [3.05, 3.63) is 33.3 Å². The molecule has 0 aromatic heterocycles. The minimum Gasteiger partial charge on any atom is -0.377 e. The molecule has 1 aliphatic heterocycles. The van der Waals surface area contributed by atoms with Crippen molar-refractivity contribution in [3.8, 4) is 0 Å². The fourth-order valence-corrected chi connectivity index (χ4v) is 3.17. The molecule has 2 atom stereocenters. The molecule has 5 heteroatoms. The van der Waals surface area contributed by atoms with Crippen LogP contribution in [0.5, 0.6) is 0 Å². The first-order chi connectivity index (χ1) is 9.11. The summed E-state index contributed by atoms with van der Waals surface area (Å²) in [6, 6.07) is 6.02. The number of likely N-dealkylation sites (N-methyl/N-ethyl adjacent to an activating group) is 1. The molecule has 0 radical (unpaired) electrons. The molecule has 1 fully saturated rings. The molecular weight excluding hydrogens is 328 g/mol. The zero-order chi connectivity index (χ0) is 13.8. The summed E-state index contributed by atoms with van der Waals surface area (Å²) < 4.78 is 6.71. The smallest absolute Gasteiger partial charge is 0.0702 e. The van der Waals surface area contributed by atoms with Crippen molar-refractivity contribution < 1.29 is 4.74 Å².